The first-order chi connectivity index (χ1) is 18.1. The molecule has 1 aliphatic rings. The van der Waals surface area contributed by atoms with Crippen LogP contribution in [0.1, 0.15) is 21.5 Å². The minimum absolute atomic E-state index is 0.288. The molecule has 5 rings (SSSR count). The molecule has 0 atom stereocenters. The Morgan fingerprint density at radius 2 is 1.92 bits per heavy atom. The number of rotatable bonds is 7. The first-order valence-corrected chi connectivity index (χ1v) is 12.1. The normalized spacial score (nSPS) is 13.8. The number of aryl methyl sites for hydroxylation is 1. The van der Waals surface area contributed by atoms with Gasteiger partial charge in [-0.2, -0.15) is 0 Å². The summed E-state index contributed by atoms with van der Waals surface area (Å²) in [7, 11) is 0. The molecule has 1 amide bonds. The molecule has 37 heavy (non-hydrogen) atoms. The Morgan fingerprint density at radius 1 is 1.05 bits per heavy atom. The van der Waals surface area contributed by atoms with Crippen LogP contribution in [0.4, 0.5) is 21.6 Å². The molecule has 1 fully saturated rings. The van der Waals surface area contributed by atoms with Gasteiger partial charge in [0.05, 0.1) is 18.9 Å². The van der Waals surface area contributed by atoms with Gasteiger partial charge in [0.15, 0.2) is 0 Å². The molecule has 0 radical (unpaired) electrons. The predicted molar refractivity (Wildman–Crippen MR) is 140 cm³/mol. The maximum atomic E-state index is 14.5. The number of ether oxygens (including phenoxy) is 1. The average Bonchev–Trinajstić information content (AvgIpc) is 2.93. The van der Waals surface area contributed by atoms with Gasteiger partial charge in [-0.25, -0.2) is 19.3 Å². The highest BCUT2D eigenvalue weighted by Gasteiger charge is 2.16. The van der Waals surface area contributed by atoms with E-state index in [1.807, 2.05) is 31.2 Å². The average molecular weight is 499 g/mol. The number of morpholine rings is 1. The Kier molecular flexibility index (Phi) is 7.43. The Bertz CT molecular complexity index is 1390. The van der Waals surface area contributed by atoms with Crippen molar-refractivity contribution in [3.63, 3.8) is 0 Å². The largest absolute Gasteiger partial charge is 0.379 e. The van der Waals surface area contributed by atoms with Gasteiger partial charge in [0.25, 0.3) is 5.91 Å². The second kappa shape index (κ2) is 11.2. The van der Waals surface area contributed by atoms with E-state index in [1.165, 1.54) is 12.4 Å². The summed E-state index contributed by atoms with van der Waals surface area (Å²) >= 11 is 0. The van der Waals surface area contributed by atoms with Crippen LogP contribution in [0.3, 0.4) is 0 Å². The fraction of sp³-hybridized carbons (Fsp3) is 0.214. The monoisotopic (exact) mass is 498 g/mol. The molecule has 4 aromatic rings. The lowest BCUT2D eigenvalue weighted by Gasteiger charge is -2.26. The van der Waals surface area contributed by atoms with E-state index >= 15 is 0 Å². The number of anilines is 3. The predicted octanol–water partition coefficient (Wildman–Crippen LogP) is 4.81. The minimum atomic E-state index is -0.291. The van der Waals surface area contributed by atoms with Crippen molar-refractivity contribution >= 4 is 23.1 Å². The molecule has 2 aromatic heterocycles. The SMILES string of the molecule is Cc1ccc(C(=O)Nc2ccc(F)c(CN3CCOCC3)c2)cc1Nc1ncccc1-c1ccncn1. The quantitative estimate of drug-likeness (QED) is 0.378. The van der Waals surface area contributed by atoms with Gasteiger partial charge in [-0.3, -0.25) is 9.69 Å². The highest BCUT2D eigenvalue weighted by atomic mass is 19.1. The lowest BCUT2D eigenvalue weighted by atomic mass is 10.1. The van der Waals surface area contributed by atoms with Crippen LogP contribution in [0, 0.1) is 12.7 Å². The highest BCUT2D eigenvalue weighted by molar-refractivity contribution is 6.05. The molecule has 9 heteroatoms. The Labute approximate surface area is 214 Å². The molecule has 1 aliphatic heterocycles. The lowest BCUT2D eigenvalue weighted by Crippen LogP contribution is -2.35. The van der Waals surface area contributed by atoms with E-state index in [1.54, 1.807) is 36.7 Å². The maximum Gasteiger partial charge on any atom is 0.255 e. The zero-order valence-electron chi connectivity index (χ0n) is 20.4. The molecular formula is C28H27FN6O2. The first kappa shape index (κ1) is 24.5. The number of aromatic nitrogens is 3. The van der Waals surface area contributed by atoms with Crippen LogP contribution < -0.4 is 10.6 Å². The van der Waals surface area contributed by atoms with E-state index in [4.69, 9.17) is 4.74 Å². The summed E-state index contributed by atoms with van der Waals surface area (Å²) in [4.78, 5) is 28.0. The number of nitrogens with zero attached hydrogens (tertiary/aromatic N) is 4. The molecule has 1 saturated heterocycles. The number of amides is 1. The van der Waals surface area contributed by atoms with Gasteiger partial charge in [-0.15, -0.1) is 0 Å². The van der Waals surface area contributed by atoms with Crippen LogP contribution in [0.25, 0.3) is 11.3 Å². The van der Waals surface area contributed by atoms with Gasteiger partial charge in [-0.1, -0.05) is 6.07 Å². The number of halogens is 1. The third kappa shape index (κ3) is 5.96. The van der Waals surface area contributed by atoms with Crippen LogP contribution >= 0.6 is 0 Å². The zero-order chi connectivity index (χ0) is 25.6. The molecule has 0 saturated carbocycles. The van der Waals surface area contributed by atoms with E-state index in [9.17, 15) is 9.18 Å². The number of nitrogens with one attached hydrogen (secondary N) is 2. The maximum absolute atomic E-state index is 14.5. The van der Waals surface area contributed by atoms with E-state index < -0.39 is 0 Å². The van der Waals surface area contributed by atoms with Gasteiger partial charge in [-0.05, 0) is 61.0 Å². The van der Waals surface area contributed by atoms with E-state index in [0.717, 1.165) is 35.6 Å². The van der Waals surface area contributed by atoms with Gasteiger partial charge in [0.2, 0.25) is 0 Å². The first-order valence-electron chi connectivity index (χ1n) is 12.1. The molecule has 188 valence electrons. The van der Waals surface area contributed by atoms with Gasteiger partial charge in [0, 0.05) is 60.1 Å². The van der Waals surface area contributed by atoms with Crippen LogP contribution in [-0.4, -0.2) is 52.1 Å². The summed E-state index contributed by atoms with van der Waals surface area (Å²) in [5.74, 6) is 0.0401. The molecule has 0 bridgehead atoms. The zero-order valence-corrected chi connectivity index (χ0v) is 20.4. The van der Waals surface area contributed by atoms with Crippen molar-refractivity contribution in [1.82, 2.24) is 19.9 Å². The minimum Gasteiger partial charge on any atom is -0.379 e. The van der Waals surface area contributed by atoms with E-state index in [0.29, 0.717) is 42.4 Å². The van der Waals surface area contributed by atoms with Crippen molar-refractivity contribution in [2.75, 3.05) is 36.9 Å². The van der Waals surface area contributed by atoms with Crippen LogP contribution in [-0.2, 0) is 11.3 Å². The number of hydrogen-bond donors (Lipinski definition) is 2. The summed E-state index contributed by atoms with van der Waals surface area (Å²) in [5, 5.41) is 6.25. The van der Waals surface area contributed by atoms with Crippen molar-refractivity contribution < 1.29 is 13.9 Å². The van der Waals surface area contributed by atoms with Crippen molar-refractivity contribution in [3.05, 3.63) is 95.8 Å². The van der Waals surface area contributed by atoms with Gasteiger partial charge in [0.1, 0.15) is 18.0 Å². The van der Waals surface area contributed by atoms with Crippen molar-refractivity contribution in [3.8, 4) is 11.3 Å². The van der Waals surface area contributed by atoms with Crippen molar-refractivity contribution in [1.29, 1.82) is 0 Å². The molecule has 0 aliphatic carbocycles. The van der Waals surface area contributed by atoms with E-state index in [-0.39, 0.29) is 11.7 Å². The topological polar surface area (TPSA) is 92.3 Å². The molecule has 3 heterocycles. The number of hydrogen-bond acceptors (Lipinski definition) is 7. The summed E-state index contributed by atoms with van der Waals surface area (Å²) in [6.45, 7) is 5.21. The highest BCUT2D eigenvalue weighted by Crippen LogP contribution is 2.29. The molecule has 2 N–H and O–H groups in total. The smallest absolute Gasteiger partial charge is 0.255 e. The Hall–Kier alpha value is -4.21. The van der Waals surface area contributed by atoms with Gasteiger partial charge >= 0.3 is 0 Å². The second-order valence-electron chi connectivity index (χ2n) is 8.80. The summed E-state index contributed by atoms with van der Waals surface area (Å²) in [5.41, 5.74) is 4.80. The van der Waals surface area contributed by atoms with Crippen LogP contribution in [0.5, 0.6) is 0 Å². The standard InChI is InChI=1S/C28H27FN6O2/c1-19-4-5-20(16-26(19)34-27-23(3-2-9-31-27)25-8-10-30-18-32-25)28(36)33-22-6-7-24(29)21(15-22)17-35-11-13-37-14-12-35/h2-10,15-16,18H,11-14,17H2,1H3,(H,31,34)(H,33,36). The lowest BCUT2D eigenvalue weighted by molar-refractivity contribution is 0.0337. The molecule has 0 unspecified atom stereocenters. The third-order valence-corrected chi connectivity index (χ3v) is 6.22. The Balaban J connectivity index is 1.34. The summed E-state index contributed by atoms with van der Waals surface area (Å²) < 4.78 is 19.8. The molecule has 0 spiro atoms. The molecular weight excluding hydrogens is 471 g/mol. The van der Waals surface area contributed by atoms with Crippen LogP contribution in [0.15, 0.2) is 73.3 Å². The third-order valence-electron chi connectivity index (χ3n) is 6.22. The second-order valence-corrected chi connectivity index (χ2v) is 8.80. The number of carbonyl (C=O) groups excluding carboxylic acids is 1. The van der Waals surface area contributed by atoms with Crippen LogP contribution in [0.2, 0.25) is 0 Å². The van der Waals surface area contributed by atoms with Crippen molar-refractivity contribution in [2.45, 2.75) is 13.5 Å². The summed E-state index contributed by atoms with van der Waals surface area (Å²) in [6.07, 6.45) is 4.86. The fourth-order valence-electron chi connectivity index (χ4n) is 4.16. The number of benzene rings is 2. The summed E-state index contributed by atoms with van der Waals surface area (Å²) in [6, 6.07) is 15.7. The number of pyridine rings is 1. The molecule has 8 nitrogen and oxygen atoms in total. The van der Waals surface area contributed by atoms with E-state index in [2.05, 4.69) is 30.5 Å². The molecule has 2 aromatic carbocycles. The fourth-order valence-corrected chi connectivity index (χ4v) is 4.16. The number of carbonyl (C=O) groups is 1. The van der Waals surface area contributed by atoms with Gasteiger partial charge < -0.3 is 15.4 Å². The Morgan fingerprint density at radius 3 is 2.73 bits per heavy atom. The van der Waals surface area contributed by atoms with Crippen molar-refractivity contribution in [2.24, 2.45) is 0 Å².